The molecular weight excluding hydrogens is 272 g/mol. The van der Waals surface area contributed by atoms with Crippen molar-refractivity contribution in [3.63, 3.8) is 0 Å². The van der Waals surface area contributed by atoms with Crippen LogP contribution in [-0.2, 0) is 0 Å². The zero-order valence-corrected chi connectivity index (χ0v) is 14.2. The molecule has 0 aliphatic heterocycles. The highest BCUT2D eigenvalue weighted by Gasteiger charge is 2.57. The van der Waals surface area contributed by atoms with Crippen molar-refractivity contribution in [1.82, 2.24) is 0 Å². The van der Waals surface area contributed by atoms with Gasteiger partial charge >= 0.3 is 0 Å². The number of allylic oxidation sites excluding steroid dienone is 1. The Morgan fingerprint density at radius 2 is 2.00 bits per heavy atom. The molecule has 3 saturated carbocycles. The second kappa shape index (κ2) is 5.34. The lowest BCUT2D eigenvalue weighted by molar-refractivity contribution is -0.0558. The van der Waals surface area contributed by atoms with E-state index in [0.29, 0.717) is 17.9 Å². The Labute approximate surface area is 135 Å². The highest BCUT2D eigenvalue weighted by molar-refractivity contribution is 5.21. The number of hydrogen-bond donors (Lipinski definition) is 2. The topological polar surface area (TPSA) is 40.5 Å². The summed E-state index contributed by atoms with van der Waals surface area (Å²) in [6.45, 7) is 5.32. The van der Waals surface area contributed by atoms with E-state index in [1.54, 1.807) is 5.57 Å². The molecule has 8 atom stereocenters. The minimum atomic E-state index is -0.186. The van der Waals surface area contributed by atoms with Gasteiger partial charge in [-0.1, -0.05) is 25.5 Å². The second-order valence-corrected chi connectivity index (χ2v) is 9.02. The molecule has 0 saturated heterocycles. The van der Waals surface area contributed by atoms with E-state index in [1.807, 2.05) is 0 Å². The highest BCUT2D eigenvalue weighted by atomic mass is 16.3. The van der Waals surface area contributed by atoms with E-state index in [4.69, 9.17) is 0 Å². The molecule has 0 spiro atoms. The van der Waals surface area contributed by atoms with Gasteiger partial charge in [0, 0.05) is 6.61 Å². The fourth-order valence-corrected chi connectivity index (χ4v) is 7.13. The predicted molar refractivity (Wildman–Crippen MR) is 88.2 cm³/mol. The summed E-state index contributed by atoms with van der Waals surface area (Å²) in [4.78, 5) is 0. The van der Waals surface area contributed by atoms with Crippen LogP contribution in [0.2, 0.25) is 0 Å². The van der Waals surface area contributed by atoms with Crippen LogP contribution < -0.4 is 0 Å². The monoisotopic (exact) mass is 304 g/mol. The average molecular weight is 304 g/mol. The van der Waals surface area contributed by atoms with Crippen LogP contribution in [0.1, 0.15) is 58.8 Å². The first-order valence-corrected chi connectivity index (χ1v) is 9.54. The van der Waals surface area contributed by atoms with Crippen LogP contribution in [0.15, 0.2) is 11.6 Å². The van der Waals surface area contributed by atoms with Gasteiger partial charge in [-0.05, 0) is 85.9 Å². The van der Waals surface area contributed by atoms with Gasteiger partial charge in [0.25, 0.3) is 0 Å². The second-order valence-electron chi connectivity index (χ2n) is 9.02. The first-order valence-electron chi connectivity index (χ1n) is 9.54. The number of aliphatic hydroxyl groups is 2. The van der Waals surface area contributed by atoms with Gasteiger partial charge in [-0.2, -0.15) is 0 Å². The van der Waals surface area contributed by atoms with Crippen LogP contribution in [0.4, 0.5) is 0 Å². The molecule has 2 heteroatoms. The minimum Gasteiger partial charge on any atom is -0.396 e. The molecule has 4 rings (SSSR count). The molecule has 22 heavy (non-hydrogen) atoms. The van der Waals surface area contributed by atoms with E-state index in [0.717, 1.165) is 36.0 Å². The van der Waals surface area contributed by atoms with E-state index in [9.17, 15) is 10.2 Å². The van der Waals surface area contributed by atoms with Gasteiger partial charge in [-0.25, -0.2) is 0 Å². The molecule has 2 N–H and O–H groups in total. The van der Waals surface area contributed by atoms with Crippen molar-refractivity contribution in [3.05, 3.63) is 11.6 Å². The lowest BCUT2D eigenvalue weighted by atomic mass is 9.49. The summed E-state index contributed by atoms with van der Waals surface area (Å²) in [7, 11) is 0. The molecule has 0 aromatic carbocycles. The highest BCUT2D eigenvalue weighted by Crippen LogP contribution is 2.64. The molecule has 0 unspecified atom stereocenters. The standard InChI is InChI=1S/C20H32O2/c1-12-9-13-10-15(22)4-5-16(13)17-7-8-20(2)14(11-21)3-6-18(20)19(12)17/h10,12,14-19,21-22H,3-9,11H2,1-2H3/t12-,14+,15+,16+,17-,18-,19-,20-/m1/s1. The van der Waals surface area contributed by atoms with E-state index in [1.165, 1.54) is 38.5 Å². The first-order chi connectivity index (χ1) is 10.5. The van der Waals surface area contributed by atoms with Crippen molar-refractivity contribution in [2.45, 2.75) is 64.9 Å². The SMILES string of the molecule is C[C@@H]1CC2=C[C@@H](O)CC[C@@H]2[C@H]2CC[C@]3(C)[C@H](CO)CC[C@@H]3[C@@H]21. The molecule has 3 fully saturated rings. The Morgan fingerprint density at radius 1 is 1.18 bits per heavy atom. The molecular formula is C20H32O2. The summed E-state index contributed by atoms with van der Waals surface area (Å²) >= 11 is 0. The Morgan fingerprint density at radius 3 is 2.77 bits per heavy atom. The molecule has 0 bridgehead atoms. The average Bonchev–Trinajstić information content (AvgIpc) is 2.83. The van der Waals surface area contributed by atoms with Gasteiger partial charge < -0.3 is 10.2 Å². The molecule has 4 aliphatic carbocycles. The Kier molecular flexibility index (Phi) is 3.69. The van der Waals surface area contributed by atoms with Crippen molar-refractivity contribution in [2.24, 2.45) is 40.9 Å². The van der Waals surface area contributed by atoms with Crippen molar-refractivity contribution >= 4 is 0 Å². The zero-order valence-electron chi connectivity index (χ0n) is 14.2. The van der Waals surface area contributed by atoms with E-state index in [-0.39, 0.29) is 6.10 Å². The minimum absolute atomic E-state index is 0.186. The van der Waals surface area contributed by atoms with Gasteiger partial charge in [0.15, 0.2) is 0 Å². The number of rotatable bonds is 1. The van der Waals surface area contributed by atoms with Crippen LogP contribution >= 0.6 is 0 Å². The van der Waals surface area contributed by atoms with Crippen molar-refractivity contribution in [2.75, 3.05) is 6.61 Å². The summed E-state index contributed by atoms with van der Waals surface area (Å²) in [6, 6.07) is 0. The molecule has 2 nitrogen and oxygen atoms in total. The molecule has 0 aromatic rings. The van der Waals surface area contributed by atoms with Gasteiger partial charge in [0.05, 0.1) is 6.10 Å². The first kappa shape index (κ1) is 15.2. The lowest BCUT2D eigenvalue weighted by Gasteiger charge is -2.56. The fourth-order valence-electron chi connectivity index (χ4n) is 7.13. The molecule has 4 aliphatic rings. The van der Waals surface area contributed by atoms with Crippen LogP contribution in [0.25, 0.3) is 0 Å². The largest absolute Gasteiger partial charge is 0.396 e. The fraction of sp³-hybridized carbons (Fsp3) is 0.900. The molecule has 0 radical (unpaired) electrons. The summed E-state index contributed by atoms with van der Waals surface area (Å²) < 4.78 is 0. The van der Waals surface area contributed by atoms with Gasteiger partial charge in [-0.15, -0.1) is 0 Å². The Bertz CT molecular complexity index is 470. The van der Waals surface area contributed by atoms with Gasteiger partial charge in [-0.3, -0.25) is 0 Å². The summed E-state index contributed by atoms with van der Waals surface area (Å²) in [5.74, 6) is 4.57. The number of aliphatic hydroxyl groups excluding tert-OH is 2. The summed E-state index contributed by atoms with van der Waals surface area (Å²) in [6.07, 6.45) is 10.6. The maximum Gasteiger partial charge on any atom is 0.0723 e. The summed E-state index contributed by atoms with van der Waals surface area (Å²) in [5, 5.41) is 19.8. The van der Waals surface area contributed by atoms with E-state index >= 15 is 0 Å². The third-order valence-corrected chi connectivity index (χ3v) is 8.19. The van der Waals surface area contributed by atoms with Crippen LogP contribution in [0, 0.1) is 40.9 Å². The normalized spacial score (nSPS) is 54.2. The van der Waals surface area contributed by atoms with Crippen molar-refractivity contribution in [3.8, 4) is 0 Å². The Balaban J connectivity index is 1.65. The zero-order chi connectivity index (χ0) is 15.5. The molecule has 0 heterocycles. The number of fused-ring (bicyclic) bond motifs is 5. The molecule has 0 aromatic heterocycles. The smallest absolute Gasteiger partial charge is 0.0723 e. The Hall–Kier alpha value is -0.340. The number of hydrogen-bond acceptors (Lipinski definition) is 2. The van der Waals surface area contributed by atoms with Gasteiger partial charge in [0.2, 0.25) is 0 Å². The third-order valence-electron chi connectivity index (χ3n) is 8.19. The summed E-state index contributed by atoms with van der Waals surface area (Å²) in [5.41, 5.74) is 1.97. The maximum atomic E-state index is 9.98. The van der Waals surface area contributed by atoms with Crippen molar-refractivity contribution < 1.29 is 10.2 Å². The van der Waals surface area contributed by atoms with Crippen LogP contribution in [0.3, 0.4) is 0 Å². The van der Waals surface area contributed by atoms with Gasteiger partial charge in [0.1, 0.15) is 0 Å². The quantitative estimate of drug-likeness (QED) is 0.724. The third kappa shape index (κ3) is 2.06. The predicted octanol–water partition coefficient (Wildman–Crippen LogP) is 3.77. The molecule has 0 amide bonds. The van der Waals surface area contributed by atoms with E-state index in [2.05, 4.69) is 19.9 Å². The molecule has 124 valence electrons. The lowest BCUT2D eigenvalue weighted by Crippen LogP contribution is -2.49. The van der Waals surface area contributed by atoms with E-state index < -0.39 is 0 Å². The maximum absolute atomic E-state index is 9.98. The van der Waals surface area contributed by atoms with Crippen molar-refractivity contribution in [1.29, 1.82) is 0 Å². The van der Waals surface area contributed by atoms with Crippen LogP contribution in [-0.4, -0.2) is 22.9 Å². The van der Waals surface area contributed by atoms with Crippen LogP contribution in [0.5, 0.6) is 0 Å².